The third-order valence-corrected chi connectivity index (χ3v) is 3.74. The highest BCUT2D eigenvalue weighted by Gasteiger charge is 2.22. The van der Waals surface area contributed by atoms with Gasteiger partial charge in [-0.15, -0.1) is 0 Å². The number of pyridine rings is 1. The Morgan fingerprint density at radius 1 is 1.38 bits per heavy atom. The number of fused-ring (bicyclic) bond motifs is 1. The van der Waals surface area contributed by atoms with Crippen LogP contribution in [0.2, 0.25) is 5.28 Å². The van der Waals surface area contributed by atoms with Crippen LogP contribution in [0.3, 0.4) is 0 Å². The van der Waals surface area contributed by atoms with Crippen LogP contribution in [0.15, 0.2) is 17.1 Å². The van der Waals surface area contributed by atoms with Crippen LogP contribution < -0.4 is 5.56 Å². The van der Waals surface area contributed by atoms with Crippen molar-refractivity contribution in [2.24, 2.45) is 0 Å². The highest BCUT2D eigenvalue weighted by molar-refractivity contribution is 6.28. The SMILES string of the molecule is CC.N#Cc1cc2cnc(Cl)nc2n(C2CCCC2)c1=O. The maximum atomic E-state index is 12.3. The van der Waals surface area contributed by atoms with Gasteiger partial charge in [0, 0.05) is 17.6 Å². The summed E-state index contributed by atoms with van der Waals surface area (Å²) in [6.45, 7) is 4.00. The predicted molar refractivity (Wildman–Crippen MR) is 82.4 cm³/mol. The fourth-order valence-corrected chi connectivity index (χ4v) is 2.81. The summed E-state index contributed by atoms with van der Waals surface area (Å²) in [4.78, 5) is 20.4. The molecule has 1 aliphatic rings. The molecule has 0 atom stereocenters. The van der Waals surface area contributed by atoms with E-state index in [1.807, 2.05) is 19.9 Å². The number of hydrogen-bond acceptors (Lipinski definition) is 4. The van der Waals surface area contributed by atoms with Crippen LogP contribution in [0.4, 0.5) is 0 Å². The molecule has 110 valence electrons. The summed E-state index contributed by atoms with van der Waals surface area (Å²) in [6.07, 6.45) is 5.61. The maximum absolute atomic E-state index is 12.3. The molecule has 6 heteroatoms. The van der Waals surface area contributed by atoms with Crippen molar-refractivity contribution in [1.82, 2.24) is 14.5 Å². The van der Waals surface area contributed by atoms with Gasteiger partial charge in [-0.25, -0.2) is 4.98 Å². The van der Waals surface area contributed by atoms with Gasteiger partial charge in [0.1, 0.15) is 17.3 Å². The second-order valence-corrected chi connectivity index (χ2v) is 5.04. The lowest BCUT2D eigenvalue weighted by Gasteiger charge is -2.16. The second kappa shape index (κ2) is 6.68. The summed E-state index contributed by atoms with van der Waals surface area (Å²) in [5.74, 6) is 0. The molecule has 2 aromatic rings. The van der Waals surface area contributed by atoms with Crippen molar-refractivity contribution < 1.29 is 0 Å². The zero-order valence-electron chi connectivity index (χ0n) is 12.1. The van der Waals surface area contributed by atoms with Gasteiger partial charge in [-0.1, -0.05) is 26.7 Å². The van der Waals surface area contributed by atoms with Gasteiger partial charge in [0.05, 0.1) is 0 Å². The highest BCUT2D eigenvalue weighted by atomic mass is 35.5. The molecule has 0 saturated heterocycles. The molecule has 21 heavy (non-hydrogen) atoms. The van der Waals surface area contributed by atoms with E-state index in [1.165, 1.54) is 6.07 Å². The van der Waals surface area contributed by atoms with Crippen molar-refractivity contribution >= 4 is 22.6 Å². The lowest BCUT2D eigenvalue weighted by atomic mass is 10.2. The molecule has 1 aliphatic carbocycles. The molecule has 1 fully saturated rings. The molecule has 0 aliphatic heterocycles. The Hall–Kier alpha value is -1.93. The summed E-state index contributed by atoms with van der Waals surface area (Å²) in [7, 11) is 0. The molecular weight excluding hydrogens is 288 g/mol. The summed E-state index contributed by atoms with van der Waals surface area (Å²) in [5.41, 5.74) is 0.373. The van der Waals surface area contributed by atoms with E-state index in [0.29, 0.717) is 11.0 Å². The lowest BCUT2D eigenvalue weighted by Crippen LogP contribution is -2.26. The van der Waals surface area contributed by atoms with Crippen LogP contribution in [-0.2, 0) is 0 Å². The molecule has 2 heterocycles. The summed E-state index contributed by atoms with van der Waals surface area (Å²) >= 11 is 5.82. The number of hydrogen-bond donors (Lipinski definition) is 0. The first-order valence-electron chi connectivity index (χ1n) is 7.18. The van der Waals surface area contributed by atoms with Crippen molar-refractivity contribution in [2.45, 2.75) is 45.6 Å². The predicted octanol–water partition coefficient (Wildman–Crippen LogP) is 3.46. The number of aromatic nitrogens is 3. The molecule has 0 aromatic carbocycles. The zero-order valence-corrected chi connectivity index (χ0v) is 12.9. The normalized spacial score (nSPS) is 14.6. The van der Waals surface area contributed by atoms with Crippen molar-refractivity contribution in [3.63, 3.8) is 0 Å². The summed E-state index contributed by atoms with van der Waals surface area (Å²) < 4.78 is 1.62. The van der Waals surface area contributed by atoms with E-state index in [-0.39, 0.29) is 22.4 Å². The van der Waals surface area contributed by atoms with Gasteiger partial charge in [0.2, 0.25) is 5.28 Å². The number of nitrogens with zero attached hydrogens (tertiary/aromatic N) is 4. The third-order valence-electron chi connectivity index (χ3n) is 3.55. The van der Waals surface area contributed by atoms with E-state index in [2.05, 4.69) is 9.97 Å². The molecule has 0 unspecified atom stereocenters. The van der Waals surface area contributed by atoms with Crippen molar-refractivity contribution in [3.05, 3.63) is 33.5 Å². The van der Waals surface area contributed by atoms with Gasteiger partial charge >= 0.3 is 0 Å². The minimum absolute atomic E-state index is 0.106. The Bertz CT molecular complexity index is 742. The fraction of sp³-hybridized carbons (Fsp3) is 0.467. The Labute approximate surface area is 128 Å². The molecule has 5 nitrogen and oxygen atoms in total. The third kappa shape index (κ3) is 2.91. The molecule has 0 bridgehead atoms. The van der Waals surface area contributed by atoms with Crippen molar-refractivity contribution in [2.75, 3.05) is 0 Å². The molecule has 1 saturated carbocycles. The van der Waals surface area contributed by atoms with Gasteiger partial charge in [0.15, 0.2) is 0 Å². The quantitative estimate of drug-likeness (QED) is 0.756. The topological polar surface area (TPSA) is 71.6 Å². The van der Waals surface area contributed by atoms with Crippen LogP contribution in [0.25, 0.3) is 11.0 Å². The fourth-order valence-electron chi connectivity index (χ4n) is 2.68. The molecular formula is C15H17ClN4O. The van der Waals surface area contributed by atoms with E-state index < -0.39 is 0 Å². The summed E-state index contributed by atoms with van der Waals surface area (Å²) in [6, 6.07) is 3.58. The number of halogens is 1. The smallest absolute Gasteiger partial charge is 0.270 e. The van der Waals surface area contributed by atoms with E-state index in [0.717, 1.165) is 25.7 Å². The highest BCUT2D eigenvalue weighted by Crippen LogP contribution is 2.30. The minimum Gasteiger partial charge on any atom is -0.288 e. The van der Waals surface area contributed by atoms with E-state index in [1.54, 1.807) is 10.8 Å². The number of nitriles is 1. The molecule has 0 N–H and O–H groups in total. The van der Waals surface area contributed by atoms with Gasteiger partial charge in [0.25, 0.3) is 5.56 Å². The first kappa shape index (κ1) is 15.5. The van der Waals surface area contributed by atoms with Crippen molar-refractivity contribution in [1.29, 1.82) is 5.26 Å². The molecule has 0 radical (unpaired) electrons. The first-order valence-corrected chi connectivity index (χ1v) is 7.56. The van der Waals surface area contributed by atoms with Crippen molar-refractivity contribution in [3.8, 4) is 6.07 Å². The van der Waals surface area contributed by atoms with Gasteiger partial charge < -0.3 is 0 Å². The monoisotopic (exact) mass is 304 g/mol. The van der Waals surface area contributed by atoms with Crippen LogP contribution in [-0.4, -0.2) is 14.5 Å². The largest absolute Gasteiger partial charge is 0.288 e. The standard InChI is InChI=1S/C13H11ClN4O.C2H6/c14-13-16-7-9-5-8(6-15)12(19)18(11(9)17-13)10-3-1-2-4-10;1-2/h5,7,10H,1-4H2;1-2H3. The van der Waals surface area contributed by atoms with Gasteiger partial charge in [-0.05, 0) is 30.5 Å². The van der Waals surface area contributed by atoms with Crippen LogP contribution in [0.5, 0.6) is 0 Å². The zero-order chi connectivity index (χ0) is 15.4. The van der Waals surface area contributed by atoms with E-state index >= 15 is 0 Å². The molecule has 3 rings (SSSR count). The average Bonchev–Trinajstić information content (AvgIpc) is 3.02. The van der Waals surface area contributed by atoms with Gasteiger partial charge in [-0.2, -0.15) is 10.2 Å². The molecule has 2 aromatic heterocycles. The Morgan fingerprint density at radius 3 is 2.67 bits per heavy atom. The Morgan fingerprint density at radius 2 is 2.05 bits per heavy atom. The van der Waals surface area contributed by atoms with Crippen LogP contribution in [0.1, 0.15) is 51.1 Å². The van der Waals surface area contributed by atoms with E-state index in [4.69, 9.17) is 16.9 Å². The summed E-state index contributed by atoms with van der Waals surface area (Å²) in [5, 5.41) is 9.86. The molecule has 0 amide bonds. The average molecular weight is 305 g/mol. The second-order valence-electron chi connectivity index (χ2n) is 4.70. The van der Waals surface area contributed by atoms with E-state index in [9.17, 15) is 4.79 Å². The number of rotatable bonds is 1. The van der Waals surface area contributed by atoms with Crippen LogP contribution >= 0.6 is 11.6 Å². The molecule has 0 spiro atoms. The first-order chi connectivity index (χ1) is 10.2. The Balaban J connectivity index is 0.000000774. The van der Waals surface area contributed by atoms with Crippen LogP contribution in [0, 0.1) is 11.3 Å². The minimum atomic E-state index is -0.281. The Kier molecular flexibility index (Phi) is 4.92. The van der Waals surface area contributed by atoms with Gasteiger partial charge in [-0.3, -0.25) is 9.36 Å². The lowest BCUT2D eigenvalue weighted by molar-refractivity contribution is 0.515. The maximum Gasteiger partial charge on any atom is 0.270 e.